The molecule has 2 aliphatic heterocycles. The van der Waals surface area contributed by atoms with Gasteiger partial charge in [-0.1, -0.05) is 6.42 Å². The lowest BCUT2D eigenvalue weighted by molar-refractivity contribution is -0.135. The summed E-state index contributed by atoms with van der Waals surface area (Å²) in [5.41, 5.74) is 0. The van der Waals surface area contributed by atoms with Gasteiger partial charge in [-0.25, -0.2) is 0 Å². The van der Waals surface area contributed by atoms with Gasteiger partial charge in [0.15, 0.2) is 0 Å². The first-order valence-electron chi connectivity index (χ1n) is 7.37. The van der Waals surface area contributed by atoms with Crippen molar-refractivity contribution in [1.82, 2.24) is 10.2 Å². The van der Waals surface area contributed by atoms with Crippen molar-refractivity contribution in [2.24, 2.45) is 23.7 Å². The molecule has 4 fully saturated rings. The minimum absolute atomic E-state index is 0. The van der Waals surface area contributed by atoms with E-state index in [1.807, 2.05) is 0 Å². The predicted molar refractivity (Wildman–Crippen MR) is 72.7 cm³/mol. The zero-order valence-electron chi connectivity index (χ0n) is 10.8. The Morgan fingerprint density at radius 3 is 2.67 bits per heavy atom. The summed E-state index contributed by atoms with van der Waals surface area (Å²) >= 11 is 0. The zero-order valence-corrected chi connectivity index (χ0v) is 11.6. The number of nitrogens with one attached hydrogen (secondary N) is 1. The maximum absolute atomic E-state index is 12.5. The van der Waals surface area contributed by atoms with Gasteiger partial charge in [0.05, 0.1) is 0 Å². The molecule has 4 unspecified atom stereocenters. The number of halogens is 1. The zero-order chi connectivity index (χ0) is 11.4. The summed E-state index contributed by atoms with van der Waals surface area (Å²) in [7, 11) is 0. The van der Waals surface area contributed by atoms with Gasteiger partial charge in [0.1, 0.15) is 0 Å². The quantitative estimate of drug-likeness (QED) is 0.786. The molecule has 1 amide bonds. The number of amides is 1. The van der Waals surface area contributed by atoms with E-state index in [0.29, 0.717) is 17.9 Å². The maximum Gasteiger partial charge on any atom is 0.226 e. The van der Waals surface area contributed by atoms with Crippen molar-refractivity contribution in [2.45, 2.75) is 38.1 Å². The average Bonchev–Trinajstić information content (AvgIpc) is 2.75. The van der Waals surface area contributed by atoms with E-state index >= 15 is 0 Å². The van der Waals surface area contributed by atoms with Crippen LogP contribution < -0.4 is 5.32 Å². The fourth-order valence-electron chi connectivity index (χ4n) is 4.65. The molecule has 18 heavy (non-hydrogen) atoms. The SMILES string of the molecule is Cl.O=C(C1C2CCCC21)N1CCC2NCCC2C1. The normalized spacial score (nSPS) is 45.1. The van der Waals surface area contributed by atoms with E-state index in [1.54, 1.807) is 0 Å². The summed E-state index contributed by atoms with van der Waals surface area (Å²) in [5, 5.41) is 3.56. The van der Waals surface area contributed by atoms with Crippen LogP contribution in [0.15, 0.2) is 0 Å². The van der Waals surface area contributed by atoms with Crippen molar-refractivity contribution in [1.29, 1.82) is 0 Å². The predicted octanol–water partition coefficient (Wildman–Crippen LogP) is 1.66. The van der Waals surface area contributed by atoms with Crippen molar-refractivity contribution in [3.8, 4) is 0 Å². The molecule has 3 nitrogen and oxygen atoms in total. The third kappa shape index (κ3) is 1.87. The first-order chi connectivity index (χ1) is 8.34. The summed E-state index contributed by atoms with van der Waals surface area (Å²) < 4.78 is 0. The minimum atomic E-state index is 0. The Hall–Kier alpha value is -0.280. The highest BCUT2D eigenvalue weighted by atomic mass is 35.5. The molecule has 4 aliphatic rings. The van der Waals surface area contributed by atoms with Crippen LogP contribution in [0.4, 0.5) is 0 Å². The van der Waals surface area contributed by atoms with Crippen LogP contribution in [0.5, 0.6) is 0 Å². The highest BCUT2D eigenvalue weighted by Crippen LogP contribution is 2.58. The first-order valence-corrected chi connectivity index (χ1v) is 7.37. The van der Waals surface area contributed by atoms with Crippen LogP contribution >= 0.6 is 12.4 Å². The van der Waals surface area contributed by atoms with Crippen LogP contribution in [0.2, 0.25) is 0 Å². The van der Waals surface area contributed by atoms with Gasteiger partial charge < -0.3 is 10.2 Å². The van der Waals surface area contributed by atoms with Crippen LogP contribution in [0.1, 0.15) is 32.1 Å². The smallest absolute Gasteiger partial charge is 0.226 e. The molecule has 2 saturated heterocycles. The van der Waals surface area contributed by atoms with Gasteiger partial charge in [-0.15, -0.1) is 12.4 Å². The molecule has 102 valence electrons. The molecule has 0 radical (unpaired) electrons. The van der Waals surface area contributed by atoms with Gasteiger partial charge in [0.2, 0.25) is 5.91 Å². The second kappa shape index (κ2) is 4.68. The molecule has 4 rings (SSSR count). The number of nitrogens with zero attached hydrogens (tertiary/aromatic N) is 1. The molecule has 0 aromatic carbocycles. The van der Waals surface area contributed by atoms with Gasteiger partial charge in [-0.3, -0.25) is 4.79 Å². The molecule has 4 atom stereocenters. The summed E-state index contributed by atoms with van der Waals surface area (Å²) in [4.78, 5) is 14.7. The van der Waals surface area contributed by atoms with Crippen LogP contribution in [0.25, 0.3) is 0 Å². The third-order valence-electron chi connectivity index (χ3n) is 5.66. The van der Waals surface area contributed by atoms with E-state index in [2.05, 4.69) is 10.2 Å². The van der Waals surface area contributed by atoms with Crippen molar-refractivity contribution in [3.05, 3.63) is 0 Å². The minimum Gasteiger partial charge on any atom is -0.342 e. The van der Waals surface area contributed by atoms with Gasteiger partial charge in [-0.05, 0) is 50.0 Å². The second-order valence-electron chi connectivity index (χ2n) is 6.47. The Morgan fingerprint density at radius 2 is 1.89 bits per heavy atom. The number of carbonyl (C=O) groups excluding carboxylic acids is 1. The Balaban J connectivity index is 0.000001000. The maximum atomic E-state index is 12.5. The molecular formula is C14H23ClN2O. The van der Waals surface area contributed by atoms with E-state index in [-0.39, 0.29) is 12.4 Å². The molecule has 0 aromatic heterocycles. The average molecular weight is 271 g/mol. The van der Waals surface area contributed by atoms with Crippen molar-refractivity contribution in [3.63, 3.8) is 0 Å². The largest absolute Gasteiger partial charge is 0.342 e. The summed E-state index contributed by atoms with van der Waals surface area (Å²) in [5.74, 6) is 3.25. The number of hydrogen-bond donors (Lipinski definition) is 1. The lowest BCUT2D eigenvalue weighted by atomic mass is 9.93. The van der Waals surface area contributed by atoms with Gasteiger partial charge in [-0.2, -0.15) is 0 Å². The highest BCUT2D eigenvalue weighted by Gasteiger charge is 2.57. The van der Waals surface area contributed by atoms with Crippen LogP contribution in [0.3, 0.4) is 0 Å². The van der Waals surface area contributed by atoms with E-state index in [4.69, 9.17) is 0 Å². The topological polar surface area (TPSA) is 32.3 Å². The van der Waals surface area contributed by atoms with E-state index < -0.39 is 0 Å². The number of hydrogen-bond acceptors (Lipinski definition) is 2. The molecule has 1 N–H and O–H groups in total. The standard InChI is InChI=1S/C14H22N2O.ClH/c17-14(13-10-2-1-3-11(10)13)16-7-5-12-9(8-16)4-6-15-12;/h9-13,15H,1-8H2;1H. The Morgan fingerprint density at radius 1 is 1.11 bits per heavy atom. The fourth-order valence-corrected chi connectivity index (χ4v) is 4.65. The monoisotopic (exact) mass is 270 g/mol. The number of carbonyl (C=O) groups is 1. The molecule has 4 heteroatoms. The molecule has 0 aromatic rings. The van der Waals surface area contributed by atoms with Crippen molar-refractivity contribution in [2.75, 3.05) is 19.6 Å². The Kier molecular flexibility index (Phi) is 3.31. The number of likely N-dealkylation sites (tertiary alicyclic amines) is 1. The van der Waals surface area contributed by atoms with Gasteiger partial charge >= 0.3 is 0 Å². The Labute approximate surface area is 115 Å². The summed E-state index contributed by atoms with van der Waals surface area (Å²) in [6.07, 6.45) is 6.46. The second-order valence-corrected chi connectivity index (χ2v) is 6.47. The van der Waals surface area contributed by atoms with Gasteiger partial charge in [0, 0.05) is 25.0 Å². The first kappa shape index (κ1) is 12.7. The Bertz CT molecular complexity index is 339. The molecule has 2 saturated carbocycles. The summed E-state index contributed by atoms with van der Waals surface area (Å²) in [6, 6.07) is 0.706. The van der Waals surface area contributed by atoms with Crippen molar-refractivity contribution < 1.29 is 4.79 Å². The van der Waals surface area contributed by atoms with Crippen LogP contribution in [0, 0.1) is 23.7 Å². The molecular weight excluding hydrogens is 248 g/mol. The van der Waals surface area contributed by atoms with Crippen LogP contribution in [-0.2, 0) is 4.79 Å². The lowest BCUT2D eigenvalue weighted by Crippen LogP contribution is -2.47. The fraction of sp³-hybridized carbons (Fsp3) is 0.929. The summed E-state index contributed by atoms with van der Waals surface area (Å²) in [6.45, 7) is 3.20. The molecule has 0 spiro atoms. The number of rotatable bonds is 1. The van der Waals surface area contributed by atoms with E-state index in [0.717, 1.165) is 37.4 Å². The van der Waals surface area contributed by atoms with Crippen molar-refractivity contribution >= 4 is 18.3 Å². The highest BCUT2D eigenvalue weighted by molar-refractivity contribution is 5.85. The van der Waals surface area contributed by atoms with Crippen LogP contribution in [-0.4, -0.2) is 36.5 Å². The lowest BCUT2D eigenvalue weighted by Gasteiger charge is -2.35. The molecule has 2 heterocycles. The van der Waals surface area contributed by atoms with Gasteiger partial charge in [0.25, 0.3) is 0 Å². The van der Waals surface area contributed by atoms with E-state index in [9.17, 15) is 4.79 Å². The molecule has 0 bridgehead atoms. The number of fused-ring (bicyclic) bond motifs is 2. The molecule has 2 aliphatic carbocycles. The third-order valence-corrected chi connectivity index (χ3v) is 5.66. The number of piperidine rings is 1. The van der Waals surface area contributed by atoms with E-state index in [1.165, 1.54) is 32.1 Å².